The van der Waals surface area contributed by atoms with Gasteiger partial charge in [0.2, 0.25) is 11.8 Å². The van der Waals surface area contributed by atoms with E-state index < -0.39 is 42.4 Å². The number of ether oxygens (including phenoxy) is 1. The van der Waals surface area contributed by atoms with Gasteiger partial charge in [0, 0.05) is 24.1 Å². The van der Waals surface area contributed by atoms with Crippen LogP contribution in [0.5, 0.6) is 0 Å². The number of likely N-dealkylation sites (tertiary alicyclic amines) is 1. The predicted octanol–water partition coefficient (Wildman–Crippen LogP) is 2.49. The van der Waals surface area contributed by atoms with Crippen LogP contribution in [0.15, 0.2) is 36.4 Å². The van der Waals surface area contributed by atoms with E-state index in [2.05, 4.69) is 0 Å². The lowest BCUT2D eigenvalue weighted by Gasteiger charge is -2.43. The second-order valence-corrected chi connectivity index (χ2v) is 10.3. The number of imide groups is 1. The van der Waals surface area contributed by atoms with Gasteiger partial charge in [-0.25, -0.2) is 0 Å². The minimum absolute atomic E-state index is 0.0479. The average molecular weight is 499 g/mol. The highest BCUT2D eigenvalue weighted by atomic mass is 35.5. The molecule has 1 aromatic carbocycles. The predicted molar refractivity (Wildman–Crippen MR) is 125 cm³/mol. The lowest BCUT2D eigenvalue weighted by Crippen LogP contribution is -2.55. The molecule has 184 valence electrons. The van der Waals surface area contributed by atoms with Gasteiger partial charge >= 0.3 is 5.97 Å². The van der Waals surface area contributed by atoms with Crippen molar-refractivity contribution in [3.8, 4) is 0 Å². The maximum atomic E-state index is 13.2. The van der Waals surface area contributed by atoms with Crippen LogP contribution in [0.3, 0.4) is 0 Å². The zero-order valence-electron chi connectivity index (χ0n) is 19.4. The number of fused-ring (bicyclic) bond motifs is 5. The van der Waals surface area contributed by atoms with Gasteiger partial charge < -0.3 is 9.64 Å². The molecule has 2 saturated carbocycles. The molecule has 5 atom stereocenters. The van der Waals surface area contributed by atoms with Gasteiger partial charge in [-0.3, -0.25) is 28.9 Å². The van der Waals surface area contributed by atoms with E-state index in [1.165, 1.54) is 11.9 Å². The molecule has 1 saturated heterocycles. The van der Waals surface area contributed by atoms with Gasteiger partial charge in [-0.05, 0) is 43.6 Å². The number of carbonyl (C=O) groups is 5. The minimum atomic E-state index is -1.23. The summed E-state index contributed by atoms with van der Waals surface area (Å²) in [5.41, 5.74) is -0.679. The van der Waals surface area contributed by atoms with E-state index in [0.717, 1.165) is 24.2 Å². The SMILES string of the molecule is CN(C(=O)COC(=O)CN1C(=O)C2C3C=CC(C3)C2C1=O)C1(c2ccccc2Cl)CCCCC1=O. The molecule has 8 nitrogen and oxygen atoms in total. The van der Waals surface area contributed by atoms with Crippen molar-refractivity contribution in [2.45, 2.75) is 37.6 Å². The van der Waals surface area contributed by atoms with E-state index in [-0.39, 0.29) is 29.4 Å². The summed E-state index contributed by atoms with van der Waals surface area (Å²) in [6.07, 6.45) is 6.98. The number of hydrogen-bond acceptors (Lipinski definition) is 6. The van der Waals surface area contributed by atoms with Gasteiger partial charge in [-0.1, -0.05) is 42.0 Å². The van der Waals surface area contributed by atoms with E-state index in [0.29, 0.717) is 23.4 Å². The molecule has 0 radical (unpaired) electrons. The van der Waals surface area contributed by atoms with Crippen LogP contribution in [0.25, 0.3) is 0 Å². The van der Waals surface area contributed by atoms with E-state index in [4.69, 9.17) is 16.3 Å². The fourth-order valence-corrected chi connectivity index (χ4v) is 6.67. The minimum Gasteiger partial charge on any atom is -0.454 e. The van der Waals surface area contributed by atoms with Crippen molar-refractivity contribution in [1.29, 1.82) is 0 Å². The number of Topliss-reactive ketones (excluding diaryl/α,β-unsaturated/α-hetero) is 1. The second kappa shape index (κ2) is 8.90. The topological polar surface area (TPSA) is 101 Å². The van der Waals surface area contributed by atoms with Crippen molar-refractivity contribution < 1.29 is 28.7 Å². The third-order valence-electron chi connectivity index (χ3n) is 8.13. The molecule has 0 N–H and O–H groups in total. The molecule has 0 aromatic heterocycles. The molecule has 1 aliphatic heterocycles. The fourth-order valence-electron chi connectivity index (χ4n) is 6.38. The van der Waals surface area contributed by atoms with Gasteiger partial charge in [0.05, 0.1) is 11.8 Å². The smallest absolute Gasteiger partial charge is 0.326 e. The summed E-state index contributed by atoms with van der Waals surface area (Å²) < 4.78 is 5.18. The highest BCUT2D eigenvalue weighted by Gasteiger charge is 2.59. The van der Waals surface area contributed by atoms with Gasteiger partial charge in [-0.2, -0.15) is 0 Å². The van der Waals surface area contributed by atoms with Crippen molar-refractivity contribution in [2.24, 2.45) is 23.7 Å². The molecule has 35 heavy (non-hydrogen) atoms. The van der Waals surface area contributed by atoms with E-state index >= 15 is 0 Å². The Balaban J connectivity index is 1.25. The van der Waals surface area contributed by atoms with Gasteiger partial charge in [0.15, 0.2) is 12.4 Å². The summed E-state index contributed by atoms with van der Waals surface area (Å²) in [4.78, 5) is 66.6. The van der Waals surface area contributed by atoms with Crippen molar-refractivity contribution in [1.82, 2.24) is 9.80 Å². The molecule has 3 fully saturated rings. The summed E-state index contributed by atoms with van der Waals surface area (Å²) in [5.74, 6) is -2.90. The third kappa shape index (κ3) is 3.69. The largest absolute Gasteiger partial charge is 0.454 e. The molecule has 1 aromatic rings. The number of esters is 1. The number of hydrogen-bond donors (Lipinski definition) is 0. The van der Waals surface area contributed by atoms with Gasteiger partial charge in [-0.15, -0.1) is 0 Å². The molecule has 0 spiro atoms. The number of allylic oxidation sites excluding steroid dienone is 2. The number of likely N-dealkylation sites (N-methyl/N-ethyl adjacent to an activating group) is 1. The quantitative estimate of drug-likeness (QED) is 0.339. The molecule has 1 heterocycles. The molecule has 2 bridgehead atoms. The average Bonchev–Trinajstić information content (AvgIpc) is 3.53. The number of ketones is 1. The second-order valence-electron chi connectivity index (χ2n) is 9.85. The number of halogens is 1. The summed E-state index contributed by atoms with van der Waals surface area (Å²) in [5, 5.41) is 0.388. The first-order valence-electron chi connectivity index (χ1n) is 12.0. The Labute approximate surface area is 208 Å². The highest BCUT2D eigenvalue weighted by Crippen LogP contribution is 2.52. The number of rotatable bonds is 6. The fraction of sp³-hybridized carbons (Fsp3) is 0.500. The Morgan fingerprint density at radius 1 is 1.09 bits per heavy atom. The van der Waals surface area contributed by atoms with Crippen LogP contribution in [-0.2, 0) is 34.2 Å². The van der Waals surface area contributed by atoms with Crippen molar-refractivity contribution in [3.63, 3.8) is 0 Å². The van der Waals surface area contributed by atoms with E-state index in [9.17, 15) is 24.0 Å². The Morgan fingerprint density at radius 3 is 2.37 bits per heavy atom. The summed E-state index contributed by atoms with van der Waals surface area (Å²) in [7, 11) is 1.51. The van der Waals surface area contributed by atoms with Gasteiger partial charge in [0.1, 0.15) is 12.1 Å². The molecule has 5 rings (SSSR count). The Kier molecular flexibility index (Phi) is 6.03. The molecule has 3 aliphatic carbocycles. The number of carbonyl (C=O) groups excluding carboxylic acids is 5. The van der Waals surface area contributed by atoms with Crippen molar-refractivity contribution >= 4 is 41.1 Å². The van der Waals surface area contributed by atoms with Crippen molar-refractivity contribution in [3.05, 3.63) is 47.0 Å². The standard InChI is InChI=1S/C26H27ClN2O6/c1-28(26(11-5-4-8-19(26)30)17-6-2-3-7-18(17)27)20(31)14-35-21(32)13-29-24(33)22-15-9-10-16(12-15)23(22)25(29)34/h2-3,6-7,9-10,15-16,22-23H,4-5,8,11-14H2,1H3. The molecule has 5 unspecified atom stereocenters. The zero-order chi connectivity index (χ0) is 24.9. The Bertz CT molecular complexity index is 1120. The first-order valence-corrected chi connectivity index (χ1v) is 12.4. The van der Waals surface area contributed by atoms with Crippen LogP contribution < -0.4 is 0 Å². The lowest BCUT2D eigenvalue weighted by atomic mass is 9.74. The maximum Gasteiger partial charge on any atom is 0.326 e. The Hall–Kier alpha value is -3.00. The number of nitrogens with zero attached hydrogens (tertiary/aromatic N) is 2. The molecule has 9 heteroatoms. The van der Waals surface area contributed by atoms with Crippen LogP contribution >= 0.6 is 11.6 Å². The number of amides is 3. The summed E-state index contributed by atoms with van der Waals surface area (Å²) in [6.45, 7) is -1.12. The van der Waals surface area contributed by atoms with Crippen LogP contribution in [-0.4, -0.2) is 59.5 Å². The Morgan fingerprint density at radius 2 is 1.74 bits per heavy atom. The van der Waals surface area contributed by atoms with Crippen LogP contribution in [0.1, 0.15) is 37.7 Å². The van der Waals surface area contributed by atoms with Crippen LogP contribution in [0.2, 0.25) is 5.02 Å². The van der Waals surface area contributed by atoms with Crippen LogP contribution in [0.4, 0.5) is 0 Å². The lowest BCUT2D eigenvalue weighted by molar-refractivity contribution is -0.160. The number of benzene rings is 1. The van der Waals surface area contributed by atoms with Crippen molar-refractivity contribution in [2.75, 3.05) is 20.2 Å². The first kappa shape index (κ1) is 23.7. The highest BCUT2D eigenvalue weighted by molar-refractivity contribution is 6.31. The van der Waals surface area contributed by atoms with E-state index in [1.54, 1.807) is 24.3 Å². The third-order valence-corrected chi connectivity index (χ3v) is 8.45. The monoisotopic (exact) mass is 498 g/mol. The first-order chi connectivity index (χ1) is 16.8. The maximum absolute atomic E-state index is 13.2. The molecule has 4 aliphatic rings. The van der Waals surface area contributed by atoms with E-state index in [1.807, 2.05) is 12.2 Å². The van der Waals surface area contributed by atoms with Gasteiger partial charge in [0.25, 0.3) is 5.91 Å². The normalized spacial score (nSPS) is 31.1. The summed E-state index contributed by atoms with van der Waals surface area (Å²) >= 11 is 6.43. The summed E-state index contributed by atoms with van der Waals surface area (Å²) in [6, 6.07) is 6.95. The van der Waals surface area contributed by atoms with Crippen LogP contribution in [0, 0.1) is 23.7 Å². The molecular formula is C26H27ClN2O6. The molecular weight excluding hydrogens is 472 g/mol. The molecule has 3 amide bonds. The zero-order valence-corrected chi connectivity index (χ0v) is 20.2.